The molecule has 1 rings (SSSR count). The second-order valence-corrected chi connectivity index (χ2v) is 9.08. The van der Waals surface area contributed by atoms with Gasteiger partial charge in [0.2, 0.25) is 5.91 Å². The van der Waals surface area contributed by atoms with Crippen molar-refractivity contribution >= 4 is 12.0 Å². The van der Waals surface area contributed by atoms with E-state index >= 15 is 0 Å². The third-order valence-electron chi connectivity index (χ3n) is 4.43. The van der Waals surface area contributed by atoms with Crippen LogP contribution in [0.4, 0.5) is 4.79 Å². The molecule has 0 fully saturated rings. The van der Waals surface area contributed by atoms with Crippen molar-refractivity contribution in [3.8, 4) is 5.75 Å². The number of benzene rings is 1. The monoisotopic (exact) mass is 392 g/mol. The highest BCUT2D eigenvalue weighted by atomic mass is 16.6. The van der Waals surface area contributed by atoms with Crippen molar-refractivity contribution in [2.24, 2.45) is 11.3 Å². The number of nitrogens with one attached hydrogen (secondary N) is 2. The third kappa shape index (κ3) is 7.79. The number of ether oxygens (including phenoxy) is 2. The zero-order valence-electron chi connectivity index (χ0n) is 18.5. The lowest BCUT2D eigenvalue weighted by atomic mass is 9.84. The Balaban J connectivity index is 2.71. The number of carbonyl (C=O) groups excluding carboxylic acids is 2. The summed E-state index contributed by atoms with van der Waals surface area (Å²) < 4.78 is 10.7. The first kappa shape index (κ1) is 23.8. The first-order chi connectivity index (χ1) is 12.9. The zero-order valence-corrected chi connectivity index (χ0v) is 18.5. The average molecular weight is 393 g/mol. The number of hydrogen-bond acceptors (Lipinski definition) is 4. The standard InChI is InChI=1S/C22H36N2O4/c1-15(2)17(24-20(26)28-21(3,4)5)14-23-19(25)22(6,7)13-16-11-9-10-12-18(16)27-8/h9-12,15,17H,13-14H2,1-8H3,(H,23,25)(H,24,26). The minimum absolute atomic E-state index is 0.0740. The average Bonchev–Trinajstić information content (AvgIpc) is 2.56. The Bertz CT molecular complexity index is 663. The van der Waals surface area contributed by atoms with E-state index < -0.39 is 17.1 Å². The van der Waals surface area contributed by atoms with E-state index in [1.807, 2.05) is 72.7 Å². The van der Waals surface area contributed by atoms with E-state index in [4.69, 9.17) is 9.47 Å². The summed E-state index contributed by atoms with van der Waals surface area (Å²) in [4.78, 5) is 24.9. The van der Waals surface area contributed by atoms with Gasteiger partial charge in [0.25, 0.3) is 0 Å². The molecule has 1 aromatic carbocycles. The number of para-hydroxylation sites is 1. The van der Waals surface area contributed by atoms with Crippen molar-refractivity contribution in [2.45, 2.75) is 66.5 Å². The van der Waals surface area contributed by atoms with Crippen molar-refractivity contribution in [3.63, 3.8) is 0 Å². The van der Waals surface area contributed by atoms with Gasteiger partial charge >= 0.3 is 6.09 Å². The quantitative estimate of drug-likeness (QED) is 0.703. The molecule has 0 spiro atoms. The van der Waals surface area contributed by atoms with Gasteiger partial charge in [-0.3, -0.25) is 4.79 Å². The summed E-state index contributed by atoms with van der Waals surface area (Å²) in [6.07, 6.45) is 0.0723. The minimum Gasteiger partial charge on any atom is -0.496 e. The predicted molar refractivity (Wildman–Crippen MR) is 111 cm³/mol. The molecule has 6 heteroatoms. The molecule has 0 saturated heterocycles. The summed E-state index contributed by atoms with van der Waals surface area (Å²) in [6.45, 7) is 13.6. The minimum atomic E-state index is -0.623. The van der Waals surface area contributed by atoms with Crippen LogP contribution in [0, 0.1) is 11.3 Å². The Morgan fingerprint density at radius 2 is 1.68 bits per heavy atom. The van der Waals surface area contributed by atoms with Gasteiger partial charge in [0.05, 0.1) is 13.2 Å². The number of hydrogen-bond donors (Lipinski definition) is 2. The molecule has 2 N–H and O–H groups in total. The molecule has 1 unspecified atom stereocenters. The predicted octanol–water partition coefficient (Wildman–Crippen LogP) is 3.93. The van der Waals surface area contributed by atoms with Gasteiger partial charge in [-0.1, -0.05) is 45.9 Å². The van der Waals surface area contributed by atoms with Gasteiger partial charge in [-0.15, -0.1) is 0 Å². The van der Waals surface area contributed by atoms with E-state index in [1.165, 1.54) is 0 Å². The van der Waals surface area contributed by atoms with Crippen LogP contribution in [0.1, 0.15) is 54.0 Å². The Kier molecular flexibility index (Phi) is 8.33. The maximum atomic E-state index is 12.8. The van der Waals surface area contributed by atoms with E-state index in [0.717, 1.165) is 11.3 Å². The van der Waals surface area contributed by atoms with Crippen LogP contribution in [0.2, 0.25) is 0 Å². The Morgan fingerprint density at radius 1 is 1.07 bits per heavy atom. The second-order valence-electron chi connectivity index (χ2n) is 9.08. The topological polar surface area (TPSA) is 76.7 Å². The van der Waals surface area contributed by atoms with E-state index in [0.29, 0.717) is 13.0 Å². The largest absolute Gasteiger partial charge is 0.496 e. The van der Waals surface area contributed by atoms with Crippen LogP contribution in [0.15, 0.2) is 24.3 Å². The molecule has 1 aromatic rings. The Labute approximate surface area is 169 Å². The molecule has 6 nitrogen and oxygen atoms in total. The summed E-state index contributed by atoms with van der Waals surface area (Å²) >= 11 is 0. The number of carbonyl (C=O) groups is 2. The number of alkyl carbamates (subject to hydrolysis) is 1. The Hall–Kier alpha value is -2.24. The van der Waals surface area contributed by atoms with Crippen molar-refractivity contribution in [2.75, 3.05) is 13.7 Å². The third-order valence-corrected chi connectivity index (χ3v) is 4.43. The van der Waals surface area contributed by atoms with Gasteiger partial charge in [0, 0.05) is 12.0 Å². The summed E-state index contributed by atoms with van der Waals surface area (Å²) in [5.74, 6) is 0.843. The molecule has 0 heterocycles. The van der Waals surface area contributed by atoms with Crippen LogP contribution in [0.25, 0.3) is 0 Å². The molecular formula is C22H36N2O4. The summed E-state index contributed by atoms with van der Waals surface area (Å²) in [7, 11) is 1.63. The fraction of sp³-hybridized carbons (Fsp3) is 0.636. The zero-order chi connectivity index (χ0) is 21.5. The first-order valence-electron chi connectivity index (χ1n) is 9.75. The van der Waals surface area contributed by atoms with Gasteiger partial charge in [-0.25, -0.2) is 4.79 Å². The molecule has 0 aliphatic rings. The van der Waals surface area contributed by atoms with Crippen LogP contribution in [-0.2, 0) is 16.0 Å². The van der Waals surface area contributed by atoms with E-state index in [9.17, 15) is 9.59 Å². The lowest BCUT2D eigenvalue weighted by molar-refractivity contribution is -0.129. The van der Waals surface area contributed by atoms with Crippen LogP contribution in [-0.4, -0.2) is 37.3 Å². The van der Waals surface area contributed by atoms with Gasteiger partial charge in [-0.05, 0) is 44.7 Å². The first-order valence-corrected chi connectivity index (χ1v) is 9.75. The van der Waals surface area contributed by atoms with Crippen molar-refractivity contribution in [1.82, 2.24) is 10.6 Å². The molecule has 0 aliphatic carbocycles. The van der Waals surface area contributed by atoms with Gasteiger partial charge in [0.1, 0.15) is 11.4 Å². The molecule has 0 saturated carbocycles. The molecule has 28 heavy (non-hydrogen) atoms. The maximum absolute atomic E-state index is 12.8. The van der Waals surface area contributed by atoms with E-state index in [1.54, 1.807) is 7.11 Å². The molecule has 1 atom stereocenters. The van der Waals surface area contributed by atoms with Gasteiger partial charge in [-0.2, -0.15) is 0 Å². The molecule has 0 aromatic heterocycles. The van der Waals surface area contributed by atoms with Gasteiger partial charge in [0.15, 0.2) is 0 Å². The normalized spacial score (nSPS) is 13.0. The maximum Gasteiger partial charge on any atom is 0.407 e. The highest BCUT2D eigenvalue weighted by molar-refractivity contribution is 5.82. The lowest BCUT2D eigenvalue weighted by Gasteiger charge is -2.29. The summed E-state index contributed by atoms with van der Waals surface area (Å²) in [6, 6.07) is 7.48. The van der Waals surface area contributed by atoms with Crippen LogP contribution < -0.4 is 15.4 Å². The molecular weight excluding hydrogens is 356 g/mol. The Morgan fingerprint density at radius 3 is 2.21 bits per heavy atom. The highest BCUT2D eigenvalue weighted by Gasteiger charge is 2.30. The second kappa shape index (κ2) is 9.80. The van der Waals surface area contributed by atoms with E-state index in [2.05, 4.69) is 10.6 Å². The number of rotatable bonds is 8. The summed E-state index contributed by atoms with van der Waals surface area (Å²) in [5.41, 5.74) is -0.203. The number of methoxy groups -OCH3 is 1. The van der Waals surface area contributed by atoms with Crippen molar-refractivity contribution in [3.05, 3.63) is 29.8 Å². The highest BCUT2D eigenvalue weighted by Crippen LogP contribution is 2.28. The van der Waals surface area contributed by atoms with Gasteiger partial charge < -0.3 is 20.1 Å². The summed E-state index contributed by atoms with van der Waals surface area (Å²) in [5, 5.41) is 5.83. The van der Waals surface area contributed by atoms with E-state index in [-0.39, 0.29) is 17.9 Å². The number of amides is 2. The molecule has 2 amide bonds. The molecule has 0 aliphatic heterocycles. The van der Waals surface area contributed by atoms with Crippen molar-refractivity contribution < 1.29 is 19.1 Å². The lowest BCUT2D eigenvalue weighted by Crippen LogP contribution is -2.50. The fourth-order valence-corrected chi connectivity index (χ4v) is 2.76. The molecule has 0 bridgehead atoms. The van der Waals surface area contributed by atoms with Crippen LogP contribution >= 0.6 is 0 Å². The SMILES string of the molecule is COc1ccccc1CC(C)(C)C(=O)NCC(NC(=O)OC(C)(C)C)C(C)C. The smallest absolute Gasteiger partial charge is 0.407 e. The van der Waals surface area contributed by atoms with Crippen molar-refractivity contribution in [1.29, 1.82) is 0 Å². The molecule has 0 radical (unpaired) electrons. The molecule has 158 valence electrons. The van der Waals surface area contributed by atoms with Crippen LogP contribution in [0.3, 0.4) is 0 Å². The fourth-order valence-electron chi connectivity index (χ4n) is 2.76. The van der Waals surface area contributed by atoms with Crippen LogP contribution in [0.5, 0.6) is 5.75 Å².